The van der Waals surface area contributed by atoms with Gasteiger partial charge in [0.25, 0.3) is 5.91 Å². The minimum Gasteiger partial charge on any atom is -0.480 e. The summed E-state index contributed by atoms with van der Waals surface area (Å²) in [7, 11) is 0. The molecule has 1 atom stereocenters. The van der Waals surface area contributed by atoms with Crippen LogP contribution in [0.2, 0.25) is 0 Å². The zero-order chi connectivity index (χ0) is 15.9. The lowest BCUT2D eigenvalue weighted by Crippen LogP contribution is -2.40. The van der Waals surface area contributed by atoms with Gasteiger partial charge in [0.1, 0.15) is 6.04 Å². The number of carboxylic acid groups (broad SMARTS) is 1. The number of hydrogen-bond acceptors (Lipinski definition) is 3. The lowest BCUT2D eigenvalue weighted by molar-refractivity contribution is -0.139. The van der Waals surface area contributed by atoms with Crippen molar-refractivity contribution in [1.29, 1.82) is 0 Å². The third kappa shape index (κ3) is 3.61. The number of fused-ring (bicyclic) bond motifs is 1. The van der Waals surface area contributed by atoms with Gasteiger partial charge in [0.2, 0.25) is 0 Å². The third-order valence-corrected chi connectivity index (χ3v) is 3.29. The first-order chi connectivity index (χ1) is 10.6. The van der Waals surface area contributed by atoms with Crippen molar-refractivity contribution < 1.29 is 14.7 Å². The predicted octanol–water partition coefficient (Wildman–Crippen LogP) is 2.22. The van der Waals surface area contributed by atoms with Crippen molar-refractivity contribution in [2.45, 2.75) is 25.3 Å². The summed E-state index contributed by atoms with van der Waals surface area (Å²) in [5.74, 6) is 0.938. The Kier molecular flexibility index (Phi) is 5.10. The van der Waals surface area contributed by atoms with Gasteiger partial charge in [-0.25, -0.2) is 4.79 Å². The number of pyridine rings is 1. The standard InChI is InChI=1S/C17H16N2O3/c1-2-3-4-10-14(17(21)22)19-16(20)13-9-5-7-12-8-6-11-18-15(12)13/h1,5-9,11,14H,3-4,10H2,(H,19,20)(H,21,22)/t14-/m1/s1. The highest BCUT2D eigenvalue weighted by Gasteiger charge is 2.21. The Balaban J connectivity index is 2.19. The molecule has 0 unspecified atom stereocenters. The highest BCUT2D eigenvalue weighted by Crippen LogP contribution is 2.16. The number of amides is 1. The Labute approximate surface area is 128 Å². The van der Waals surface area contributed by atoms with Crippen LogP contribution in [-0.4, -0.2) is 28.0 Å². The van der Waals surface area contributed by atoms with E-state index < -0.39 is 17.9 Å². The van der Waals surface area contributed by atoms with E-state index in [0.717, 1.165) is 5.39 Å². The van der Waals surface area contributed by atoms with Gasteiger partial charge < -0.3 is 10.4 Å². The zero-order valence-corrected chi connectivity index (χ0v) is 12.0. The average molecular weight is 296 g/mol. The molecular weight excluding hydrogens is 280 g/mol. The van der Waals surface area contributed by atoms with Gasteiger partial charge >= 0.3 is 5.97 Å². The van der Waals surface area contributed by atoms with Gasteiger partial charge in [0, 0.05) is 18.0 Å². The van der Waals surface area contributed by atoms with Gasteiger partial charge in [0.05, 0.1) is 11.1 Å². The molecule has 0 aliphatic rings. The van der Waals surface area contributed by atoms with Crippen LogP contribution in [0.25, 0.3) is 10.9 Å². The SMILES string of the molecule is C#CCCC[C@@H](NC(=O)c1cccc2cccnc12)C(=O)O. The fraction of sp³-hybridized carbons (Fsp3) is 0.235. The Bertz CT molecular complexity index is 729. The number of rotatable bonds is 6. The molecule has 0 saturated heterocycles. The summed E-state index contributed by atoms with van der Waals surface area (Å²) in [6.45, 7) is 0. The van der Waals surface area contributed by atoms with Gasteiger partial charge in [-0.15, -0.1) is 12.3 Å². The second-order valence-electron chi connectivity index (χ2n) is 4.84. The number of aliphatic carboxylic acids is 1. The maximum Gasteiger partial charge on any atom is 0.326 e. The molecule has 0 bridgehead atoms. The Morgan fingerprint density at radius 2 is 2.09 bits per heavy atom. The third-order valence-electron chi connectivity index (χ3n) is 3.29. The van der Waals surface area contributed by atoms with E-state index in [1.807, 2.05) is 12.1 Å². The number of para-hydroxylation sites is 1. The van der Waals surface area contributed by atoms with E-state index in [-0.39, 0.29) is 0 Å². The first kappa shape index (κ1) is 15.5. The monoisotopic (exact) mass is 296 g/mol. The number of benzene rings is 1. The van der Waals surface area contributed by atoms with E-state index >= 15 is 0 Å². The molecule has 0 aliphatic heterocycles. The number of unbranched alkanes of at least 4 members (excludes halogenated alkanes) is 1. The molecule has 0 aliphatic carbocycles. The normalized spacial score (nSPS) is 11.6. The highest BCUT2D eigenvalue weighted by atomic mass is 16.4. The lowest BCUT2D eigenvalue weighted by Gasteiger charge is -2.14. The molecule has 2 rings (SSSR count). The number of nitrogens with one attached hydrogen (secondary N) is 1. The number of carboxylic acids is 1. The summed E-state index contributed by atoms with van der Waals surface area (Å²) in [6, 6.07) is 7.89. The van der Waals surface area contributed by atoms with Crippen LogP contribution in [0.4, 0.5) is 0 Å². The van der Waals surface area contributed by atoms with Crippen molar-refractivity contribution in [3.05, 3.63) is 42.1 Å². The van der Waals surface area contributed by atoms with Crippen molar-refractivity contribution in [3.8, 4) is 12.3 Å². The summed E-state index contributed by atoms with van der Waals surface area (Å²) in [4.78, 5) is 27.8. The largest absolute Gasteiger partial charge is 0.480 e. The van der Waals surface area contributed by atoms with Crippen LogP contribution >= 0.6 is 0 Å². The molecule has 1 aromatic carbocycles. The molecule has 5 nitrogen and oxygen atoms in total. The van der Waals surface area contributed by atoms with E-state index in [4.69, 9.17) is 6.42 Å². The van der Waals surface area contributed by atoms with Crippen LogP contribution < -0.4 is 5.32 Å². The second kappa shape index (κ2) is 7.23. The van der Waals surface area contributed by atoms with Crippen LogP contribution in [0.1, 0.15) is 29.6 Å². The smallest absolute Gasteiger partial charge is 0.326 e. The minimum atomic E-state index is -1.07. The van der Waals surface area contributed by atoms with Gasteiger partial charge in [0.15, 0.2) is 0 Å². The van der Waals surface area contributed by atoms with Gasteiger partial charge in [-0.05, 0) is 25.0 Å². The van der Waals surface area contributed by atoms with Crippen LogP contribution in [-0.2, 0) is 4.79 Å². The maximum absolute atomic E-state index is 12.4. The van der Waals surface area contributed by atoms with E-state index in [1.54, 1.807) is 24.4 Å². The first-order valence-electron chi connectivity index (χ1n) is 6.94. The molecule has 0 saturated carbocycles. The molecule has 2 aromatic rings. The topological polar surface area (TPSA) is 79.3 Å². The average Bonchev–Trinajstić information content (AvgIpc) is 2.53. The molecule has 2 N–H and O–H groups in total. The fourth-order valence-electron chi connectivity index (χ4n) is 2.19. The number of terminal acetylenes is 1. The number of carbonyl (C=O) groups excluding carboxylic acids is 1. The van der Waals surface area contributed by atoms with Gasteiger partial charge in [-0.2, -0.15) is 0 Å². The molecule has 112 valence electrons. The molecule has 1 aromatic heterocycles. The van der Waals surface area contributed by atoms with Crippen LogP contribution in [0.3, 0.4) is 0 Å². The molecule has 1 heterocycles. The number of carbonyl (C=O) groups is 2. The van der Waals surface area contributed by atoms with Crippen molar-refractivity contribution >= 4 is 22.8 Å². The number of hydrogen-bond donors (Lipinski definition) is 2. The lowest BCUT2D eigenvalue weighted by atomic mass is 10.1. The van der Waals surface area contributed by atoms with E-state index in [2.05, 4.69) is 16.2 Å². The summed E-state index contributed by atoms with van der Waals surface area (Å²) in [5, 5.41) is 12.6. The maximum atomic E-state index is 12.4. The van der Waals surface area contributed by atoms with E-state index in [9.17, 15) is 14.7 Å². The molecule has 1 amide bonds. The molecular formula is C17H16N2O3. The first-order valence-corrected chi connectivity index (χ1v) is 6.94. The number of aromatic nitrogens is 1. The van der Waals surface area contributed by atoms with Crippen LogP contribution in [0.15, 0.2) is 36.5 Å². The van der Waals surface area contributed by atoms with Crippen molar-refractivity contribution in [2.24, 2.45) is 0 Å². The zero-order valence-electron chi connectivity index (χ0n) is 12.0. The summed E-state index contributed by atoms with van der Waals surface area (Å²) in [6.07, 6.45) is 8.07. The molecule has 22 heavy (non-hydrogen) atoms. The predicted molar refractivity (Wildman–Crippen MR) is 83.3 cm³/mol. The van der Waals surface area contributed by atoms with E-state index in [1.165, 1.54) is 0 Å². The molecule has 0 radical (unpaired) electrons. The van der Waals surface area contributed by atoms with Gasteiger partial charge in [-0.3, -0.25) is 9.78 Å². The molecule has 5 heteroatoms. The summed E-state index contributed by atoms with van der Waals surface area (Å²) in [5.41, 5.74) is 0.913. The van der Waals surface area contributed by atoms with Gasteiger partial charge in [-0.1, -0.05) is 18.2 Å². The summed E-state index contributed by atoms with van der Waals surface area (Å²) >= 11 is 0. The second-order valence-corrected chi connectivity index (χ2v) is 4.84. The van der Waals surface area contributed by atoms with Crippen molar-refractivity contribution in [2.75, 3.05) is 0 Å². The Hall–Kier alpha value is -2.87. The Morgan fingerprint density at radius 1 is 1.32 bits per heavy atom. The Morgan fingerprint density at radius 3 is 2.82 bits per heavy atom. The fourth-order valence-corrected chi connectivity index (χ4v) is 2.19. The van der Waals surface area contributed by atoms with Crippen molar-refractivity contribution in [1.82, 2.24) is 10.3 Å². The molecule has 0 fully saturated rings. The quantitative estimate of drug-likeness (QED) is 0.633. The van der Waals surface area contributed by atoms with Crippen molar-refractivity contribution in [3.63, 3.8) is 0 Å². The van der Waals surface area contributed by atoms with E-state index in [0.29, 0.717) is 30.3 Å². The molecule has 0 spiro atoms. The van der Waals surface area contributed by atoms with Crippen LogP contribution in [0, 0.1) is 12.3 Å². The minimum absolute atomic E-state index is 0.295. The highest BCUT2D eigenvalue weighted by molar-refractivity contribution is 6.06. The number of nitrogens with zero attached hydrogens (tertiary/aromatic N) is 1. The van der Waals surface area contributed by atoms with Crippen LogP contribution in [0.5, 0.6) is 0 Å². The summed E-state index contributed by atoms with van der Waals surface area (Å²) < 4.78 is 0.